The second-order valence-corrected chi connectivity index (χ2v) is 6.53. The lowest BCUT2D eigenvalue weighted by atomic mass is 10.2. The minimum absolute atomic E-state index is 0.546. The van der Waals surface area contributed by atoms with Crippen LogP contribution in [0.4, 0.5) is 13.2 Å². The van der Waals surface area contributed by atoms with E-state index in [1.165, 1.54) is 12.8 Å². The second kappa shape index (κ2) is 8.29. The highest BCUT2D eigenvalue weighted by Gasteiger charge is 2.30. The van der Waals surface area contributed by atoms with E-state index in [1.807, 2.05) is 7.05 Å². The molecule has 0 amide bonds. The van der Waals surface area contributed by atoms with Crippen molar-refractivity contribution in [2.75, 3.05) is 0 Å². The summed E-state index contributed by atoms with van der Waals surface area (Å²) in [7, 11) is -2.64. The molecule has 0 saturated carbocycles. The number of nitrogens with zero attached hydrogens (tertiary/aromatic N) is 2. The molecule has 9 heteroatoms. The summed E-state index contributed by atoms with van der Waals surface area (Å²) in [6.45, 7) is 3.36. The molecule has 1 aromatic carbocycles. The lowest BCUT2D eigenvalue weighted by Crippen LogP contribution is -2.23. The number of aryl methyl sites for hydroxylation is 2. The Morgan fingerprint density at radius 2 is 1.79 bits per heavy atom. The average molecular weight is 364 g/mol. The molecule has 0 N–H and O–H groups in total. The van der Waals surface area contributed by atoms with Gasteiger partial charge in [0.05, 0.1) is 24.1 Å². The molecule has 0 aliphatic rings. The Morgan fingerprint density at radius 1 is 1.21 bits per heavy atom. The minimum atomic E-state index is -4.68. The van der Waals surface area contributed by atoms with Crippen LogP contribution in [-0.2, 0) is 29.9 Å². The summed E-state index contributed by atoms with van der Waals surface area (Å²) in [4.78, 5) is -0.675. The van der Waals surface area contributed by atoms with Gasteiger partial charge in [0.2, 0.25) is 6.33 Å². The Bertz CT molecular complexity index is 738. The number of benzene rings is 1. The van der Waals surface area contributed by atoms with E-state index in [0.717, 1.165) is 6.54 Å². The lowest BCUT2D eigenvalue weighted by molar-refractivity contribution is -0.671. The third kappa shape index (κ3) is 6.71. The molecule has 0 atom stereocenters. The van der Waals surface area contributed by atoms with Crippen LogP contribution in [0.5, 0.6) is 0 Å². The summed E-state index contributed by atoms with van der Waals surface area (Å²) in [6, 6.07) is 2.35. The molecule has 0 bridgehead atoms. The number of halogens is 3. The van der Waals surface area contributed by atoms with Gasteiger partial charge in [-0.1, -0.05) is 13.3 Å². The fourth-order valence-electron chi connectivity index (χ4n) is 1.79. The molecule has 1 aromatic heterocycles. The van der Waals surface area contributed by atoms with Gasteiger partial charge in [0.25, 0.3) is 0 Å². The van der Waals surface area contributed by atoms with Crippen molar-refractivity contribution in [3.8, 4) is 0 Å². The number of imidazole rings is 1. The molecule has 0 aliphatic carbocycles. The van der Waals surface area contributed by atoms with Crippen LogP contribution >= 0.6 is 0 Å². The molecular formula is C15H19F3N2O3S. The van der Waals surface area contributed by atoms with Crippen molar-refractivity contribution >= 4 is 10.1 Å². The van der Waals surface area contributed by atoms with E-state index in [2.05, 4.69) is 34.8 Å². The highest BCUT2D eigenvalue weighted by Crippen LogP contribution is 2.29. The molecule has 0 spiro atoms. The summed E-state index contributed by atoms with van der Waals surface area (Å²) >= 11 is 0. The van der Waals surface area contributed by atoms with Crippen molar-refractivity contribution in [1.29, 1.82) is 0 Å². The summed E-state index contributed by atoms with van der Waals surface area (Å²) in [5.41, 5.74) is -0.995. The van der Waals surface area contributed by atoms with Gasteiger partial charge in [0, 0.05) is 0 Å². The zero-order chi connectivity index (χ0) is 18.4. The molecule has 0 radical (unpaired) electrons. The van der Waals surface area contributed by atoms with Crippen molar-refractivity contribution in [3.05, 3.63) is 48.5 Å². The van der Waals surface area contributed by atoms with Crippen molar-refractivity contribution in [3.63, 3.8) is 0 Å². The van der Waals surface area contributed by atoms with Gasteiger partial charge in [-0.3, -0.25) is 0 Å². The number of alkyl halides is 3. The van der Waals surface area contributed by atoms with Crippen LogP contribution in [0.25, 0.3) is 0 Å². The molecule has 134 valence electrons. The molecular weight excluding hydrogens is 345 g/mol. The fraction of sp³-hybridized carbons (Fsp3) is 0.400. The van der Waals surface area contributed by atoms with Crippen LogP contribution in [0.1, 0.15) is 25.3 Å². The van der Waals surface area contributed by atoms with Crippen LogP contribution in [0.2, 0.25) is 0 Å². The summed E-state index contributed by atoms with van der Waals surface area (Å²) in [5.74, 6) is 0. The molecule has 1 heterocycles. The van der Waals surface area contributed by atoms with Crippen molar-refractivity contribution in [2.45, 2.75) is 37.4 Å². The Labute approximate surface area is 139 Å². The van der Waals surface area contributed by atoms with Crippen LogP contribution in [0.15, 0.2) is 47.9 Å². The van der Waals surface area contributed by atoms with E-state index in [4.69, 9.17) is 0 Å². The van der Waals surface area contributed by atoms with Gasteiger partial charge in [-0.15, -0.1) is 0 Å². The summed E-state index contributed by atoms with van der Waals surface area (Å²) in [6.07, 6.45) is 4.28. The molecule has 0 aliphatic heterocycles. The van der Waals surface area contributed by atoms with Gasteiger partial charge in [-0.05, 0) is 30.7 Å². The first-order chi connectivity index (χ1) is 11.0. The highest BCUT2D eigenvalue weighted by atomic mass is 32.2. The maximum absolute atomic E-state index is 12.0. The van der Waals surface area contributed by atoms with Crippen molar-refractivity contribution < 1.29 is 30.7 Å². The average Bonchev–Trinajstić information content (AvgIpc) is 2.90. The smallest absolute Gasteiger partial charge is 0.416 e. The minimum Gasteiger partial charge on any atom is -0.744 e. The number of hydrogen-bond acceptors (Lipinski definition) is 3. The molecule has 5 nitrogen and oxygen atoms in total. The zero-order valence-corrected chi connectivity index (χ0v) is 14.1. The largest absolute Gasteiger partial charge is 0.744 e. The summed E-state index contributed by atoms with van der Waals surface area (Å²) < 4.78 is 71.3. The third-order valence-corrected chi connectivity index (χ3v) is 3.91. The molecule has 2 rings (SSSR count). The second-order valence-electron chi connectivity index (χ2n) is 5.15. The summed E-state index contributed by atoms with van der Waals surface area (Å²) in [5, 5.41) is 0. The van der Waals surface area contributed by atoms with E-state index in [0.29, 0.717) is 24.3 Å². The number of aromatic nitrogens is 2. The predicted octanol–water partition coefficient (Wildman–Crippen LogP) is 2.72. The highest BCUT2D eigenvalue weighted by molar-refractivity contribution is 7.85. The Kier molecular flexibility index (Phi) is 6.97. The van der Waals surface area contributed by atoms with Crippen LogP contribution in [-0.4, -0.2) is 17.5 Å². The maximum Gasteiger partial charge on any atom is 0.416 e. The Hall–Kier alpha value is -1.87. The quantitative estimate of drug-likeness (QED) is 0.619. The first-order valence-corrected chi connectivity index (χ1v) is 8.59. The van der Waals surface area contributed by atoms with Crippen LogP contribution in [0.3, 0.4) is 0 Å². The van der Waals surface area contributed by atoms with E-state index < -0.39 is 26.8 Å². The molecule has 0 unspecified atom stereocenters. The van der Waals surface area contributed by atoms with E-state index >= 15 is 0 Å². The van der Waals surface area contributed by atoms with E-state index in [1.54, 1.807) is 0 Å². The standard InChI is InChI=1S/C8H15N2.C7H5F3O3S/c1-3-4-5-10-7-6-9(2)8-10;8-7(9,10)5-1-3-6(4-2-5)14(11,12)13/h6-8H,3-5H2,1-2H3;1-4H,(H,11,12,13)/q+1;/p-1. The van der Waals surface area contributed by atoms with Gasteiger partial charge in [-0.25, -0.2) is 17.6 Å². The van der Waals surface area contributed by atoms with Gasteiger partial charge in [0.1, 0.15) is 22.5 Å². The van der Waals surface area contributed by atoms with Crippen LogP contribution < -0.4 is 4.57 Å². The van der Waals surface area contributed by atoms with Crippen molar-refractivity contribution in [2.24, 2.45) is 7.05 Å². The third-order valence-electron chi connectivity index (χ3n) is 3.06. The SMILES string of the molecule is CCCCn1cc[n+](C)c1.O=S(=O)([O-])c1ccc(C(F)(F)F)cc1. The van der Waals surface area contributed by atoms with E-state index in [-0.39, 0.29) is 0 Å². The maximum atomic E-state index is 12.0. The van der Waals surface area contributed by atoms with Crippen molar-refractivity contribution in [1.82, 2.24) is 4.57 Å². The van der Waals surface area contributed by atoms with Crippen LogP contribution in [0, 0.1) is 0 Å². The number of rotatable bonds is 4. The molecule has 0 fully saturated rings. The zero-order valence-electron chi connectivity index (χ0n) is 13.3. The van der Waals surface area contributed by atoms with Gasteiger partial charge >= 0.3 is 6.18 Å². The number of unbranched alkanes of at least 4 members (excludes halogenated alkanes) is 1. The van der Waals surface area contributed by atoms with Gasteiger partial charge < -0.3 is 4.55 Å². The molecule has 2 aromatic rings. The lowest BCUT2D eigenvalue weighted by Gasteiger charge is -2.09. The normalized spacial score (nSPS) is 11.8. The Balaban J connectivity index is 0.000000254. The molecule has 24 heavy (non-hydrogen) atoms. The monoisotopic (exact) mass is 364 g/mol. The first-order valence-electron chi connectivity index (χ1n) is 7.18. The fourth-order valence-corrected chi connectivity index (χ4v) is 2.25. The topological polar surface area (TPSA) is 66.0 Å². The first kappa shape index (κ1) is 20.2. The predicted molar refractivity (Wildman–Crippen MR) is 79.9 cm³/mol. The van der Waals surface area contributed by atoms with E-state index in [9.17, 15) is 26.1 Å². The Morgan fingerprint density at radius 3 is 2.17 bits per heavy atom. The van der Waals surface area contributed by atoms with Gasteiger partial charge in [0.15, 0.2) is 0 Å². The molecule has 0 saturated heterocycles. The number of hydrogen-bond donors (Lipinski definition) is 0. The van der Waals surface area contributed by atoms with Gasteiger partial charge in [-0.2, -0.15) is 13.2 Å².